The maximum Gasteiger partial charge on any atom is 0.340 e. The van der Waals surface area contributed by atoms with E-state index in [0.29, 0.717) is 11.3 Å². The maximum absolute atomic E-state index is 12.3. The van der Waals surface area contributed by atoms with Crippen LogP contribution in [0.5, 0.6) is 0 Å². The molecule has 7 nitrogen and oxygen atoms in total. The first-order valence-electron chi connectivity index (χ1n) is 9.87. The first-order chi connectivity index (χ1) is 13.2. The number of carbonyl (C=O) groups is 1. The molecule has 0 unspecified atom stereocenters. The largest absolute Gasteiger partial charge is 0.465 e. The number of methoxy groups -OCH3 is 1. The molecule has 144 valence electrons. The van der Waals surface area contributed by atoms with E-state index < -0.39 is 0 Å². The van der Waals surface area contributed by atoms with Crippen LogP contribution < -0.4 is 0 Å². The molecular weight excluding hydrogens is 342 g/mol. The molecule has 2 aliphatic rings. The van der Waals surface area contributed by atoms with Gasteiger partial charge in [0.25, 0.3) is 0 Å². The topological polar surface area (TPSA) is 73.1 Å². The van der Waals surface area contributed by atoms with Crippen LogP contribution in [0.15, 0.2) is 24.3 Å². The van der Waals surface area contributed by atoms with Crippen LogP contribution in [-0.4, -0.2) is 51.3 Å². The molecule has 0 N–H and O–H groups in total. The van der Waals surface area contributed by atoms with Crippen molar-refractivity contribution in [2.75, 3.05) is 20.2 Å². The predicted octanol–water partition coefficient (Wildman–Crippen LogP) is 2.95. The van der Waals surface area contributed by atoms with Gasteiger partial charge in [0, 0.05) is 0 Å². The number of ether oxygens (including phenoxy) is 1. The van der Waals surface area contributed by atoms with Crippen molar-refractivity contribution in [1.29, 1.82) is 0 Å². The average molecular weight is 369 g/mol. The molecule has 1 saturated heterocycles. The van der Waals surface area contributed by atoms with Crippen molar-refractivity contribution in [1.82, 2.24) is 25.1 Å². The second-order valence-electron chi connectivity index (χ2n) is 7.83. The lowest BCUT2D eigenvalue weighted by Crippen LogP contribution is -2.48. The van der Waals surface area contributed by atoms with E-state index in [1.165, 1.54) is 32.8 Å². The van der Waals surface area contributed by atoms with E-state index in [1.807, 2.05) is 18.2 Å². The molecule has 1 aliphatic heterocycles. The number of likely N-dealkylation sites (tertiary alicyclic amines) is 1. The molecule has 1 aliphatic carbocycles. The molecule has 2 heterocycles. The number of carbonyl (C=O) groups excluding carboxylic acids is 1. The van der Waals surface area contributed by atoms with Gasteiger partial charge in [-0.1, -0.05) is 19.1 Å². The number of para-hydroxylation sites is 1. The normalized spacial score (nSPS) is 26.2. The summed E-state index contributed by atoms with van der Waals surface area (Å²) >= 11 is 0. The van der Waals surface area contributed by atoms with Crippen LogP contribution in [0, 0.1) is 5.92 Å². The summed E-state index contributed by atoms with van der Waals surface area (Å²) in [6.07, 6.45) is 6.88. The lowest BCUT2D eigenvalue weighted by Gasteiger charge is -2.45. The van der Waals surface area contributed by atoms with Gasteiger partial charge in [-0.25, -0.2) is 4.79 Å². The molecular formula is C20H27N5O2. The standard InChI is InChI=1S/C20H27N5O2/c1-15-9-11-20(12-10-15,24-13-5-6-14-24)19-21-22-23-25(19)17-8-4-3-7-16(17)18(26)27-2/h3-4,7-8,15H,5-6,9-14H2,1-2H3. The smallest absolute Gasteiger partial charge is 0.340 e. The Kier molecular flexibility index (Phi) is 4.95. The summed E-state index contributed by atoms with van der Waals surface area (Å²) in [5.74, 6) is 1.21. The van der Waals surface area contributed by atoms with Crippen LogP contribution in [0.3, 0.4) is 0 Å². The predicted molar refractivity (Wildman–Crippen MR) is 101 cm³/mol. The minimum Gasteiger partial charge on any atom is -0.465 e. The highest BCUT2D eigenvalue weighted by atomic mass is 16.5. The van der Waals surface area contributed by atoms with Gasteiger partial charge < -0.3 is 4.74 Å². The highest BCUT2D eigenvalue weighted by Gasteiger charge is 2.46. The first-order valence-corrected chi connectivity index (χ1v) is 9.87. The molecule has 2 fully saturated rings. The third-order valence-electron chi connectivity index (χ3n) is 6.24. The van der Waals surface area contributed by atoms with Crippen molar-refractivity contribution in [3.05, 3.63) is 35.7 Å². The molecule has 0 bridgehead atoms. The molecule has 1 aromatic carbocycles. The van der Waals surface area contributed by atoms with Gasteiger partial charge in [0.1, 0.15) is 0 Å². The zero-order chi connectivity index (χ0) is 18.9. The van der Waals surface area contributed by atoms with Crippen molar-refractivity contribution in [2.24, 2.45) is 5.92 Å². The third-order valence-corrected chi connectivity index (χ3v) is 6.24. The van der Waals surface area contributed by atoms with E-state index >= 15 is 0 Å². The van der Waals surface area contributed by atoms with Crippen molar-refractivity contribution < 1.29 is 9.53 Å². The Morgan fingerprint density at radius 2 is 1.89 bits per heavy atom. The highest BCUT2D eigenvalue weighted by molar-refractivity contribution is 5.93. The Morgan fingerprint density at radius 1 is 1.19 bits per heavy atom. The summed E-state index contributed by atoms with van der Waals surface area (Å²) in [5.41, 5.74) is 1.01. The van der Waals surface area contributed by atoms with E-state index in [-0.39, 0.29) is 11.5 Å². The quantitative estimate of drug-likeness (QED) is 0.772. The Hall–Kier alpha value is -2.28. The molecule has 0 amide bonds. The summed E-state index contributed by atoms with van der Waals surface area (Å²) < 4.78 is 6.73. The van der Waals surface area contributed by atoms with Crippen molar-refractivity contribution in [2.45, 2.75) is 51.0 Å². The minimum atomic E-state index is -0.375. The van der Waals surface area contributed by atoms with Gasteiger partial charge in [-0.2, -0.15) is 4.68 Å². The van der Waals surface area contributed by atoms with Gasteiger partial charge >= 0.3 is 5.97 Å². The second kappa shape index (κ2) is 7.38. The van der Waals surface area contributed by atoms with Gasteiger partial charge in [-0.3, -0.25) is 4.90 Å². The first kappa shape index (κ1) is 18.1. The molecule has 2 aromatic rings. The number of tetrazole rings is 1. The second-order valence-corrected chi connectivity index (χ2v) is 7.83. The molecule has 0 radical (unpaired) electrons. The maximum atomic E-state index is 12.3. The minimum absolute atomic E-state index is 0.157. The molecule has 1 aromatic heterocycles. The van der Waals surface area contributed by atoms with Crippen LogP contribution in [-0.2, 0) is 10.3 Å². The summed E-state index contributed by atoms with van der Waals surface area (Å²) in [6, 6.07) is 7.38. The number of hydrogen-bond donors (Lipinski definition) is 0. The molecule has 0 spiro atoms. The fraction of sp³-hybridized carbons (Fsp3) is 0.600. The highest BCUT2D eigenvalue weighted by Crippen LogP contribution is 2.45. The Balaban J connectivity index is 1.81. The molecule has 7 heteroatoms. The SMILES string of the molecule is COC(=O)c1ccccc1-n1nnnc1C1(N2CCCC2)CCC(C)CC1. The van der Waals surface area contributed by atoms with Gasteiger partial charge in [0.05, 0.1) is 23.9 Å². The van der Waals surface area contributed by atoms with E-state index in [1.54, 1.807) is 10.7 Å². The number of esters is 1. The van der Waals surface area contributed by atoms with Crippen LogP contribution >= 0.6 is 0 Å². The Morgan fingerprint density at radius 3 is 2.59 bits per heavy atom. The number of rotatable bonds is 4. The lowest BCUT2D eigenvalue weighted by atomic mass is 9.75. The molecule has 0 atom stereocenters. The van der Waals surface area contributed by atoms with Crippen LogP contribution in [0.1, 0.15) is 61.6 Å². The summed E-state index contributed by atoms with van der Waals surface area (Å²) in [6.45, 7) is 4.49. The zero-order valence-corrected chi connectivity index (χ0v) is 16.1. The molecule has 4 rings (SSSR count). The van der Waals surface area contributed by atoms with Gasteiger partial charge in [-0.05, 0) is 80.1 Å². The number of benzene rings is 1. The van der Waals surface area contributed by atoms with Crippen molar-refractivity contribution in [3.8, 4) is 5.69 Å². The fourth-order valence-electron chi connectivity index (χ4n) is 4.65. The summed E-state index contributed by atoms with van der Waals surface area (Å²) in [7, 11) is 1.40. The Bertz CT molecular complexity index is 804. The lowest BCUT2D eigenvalue weighted by molar-refractivity contribution is 0.0454. The fourth-order valence-corrected chi connectivity index (χ4v) is 4.65. The summed E-state index contributed by atoms with van der Waals surface area (Å²) in [5, 5.41) is 12.8. The van der Waals surface area contributed by atoms with Crippen molar-refractivity contribution in [3.63, 3.8) is 0 Å². The van der Waals surface area contributed by atoms with Crippen LogP contribution in [0.4, 0.5) is 0 Å². The summed E-state index contributed by atoms with van der Waals surface area (Å²) in [4.78, 5) is 14.9. The van der Waals surface area contributed by atoms with E-state index in [4.69, 9.17) is 4.74 Å². The van der Waals surface area contributed by atoms with E-state index in [9.17, 15) is 4.79 Å². The number of hydrogen-bond acceptors (Lipinski definition) is 6. The van der Waals surface area contributed by atoms with E-state index in [0.717, 1.165) is 37.7 Å². The third kappa shape index (κ3) is 3.14. The zero-order valence-electron chi connectivity index (χ0n) is 16.1. The monoisotopic (exact) mass is 369 g/mol. The van der Waals surface area contributed by atoms with Gasteiger partial charge in [0.15, 0.2) is 5.82 Å². The molecule has 1 saturated carbocycles. The molecule has 27 heavy (non-hydrogen) atoms. The van der Waals surface area contributed by atoms with E-state index in [2.05, 4.69) is 27.3 Å². The van der Waals surface area contributed by atoms with Gasteiger partial charge in [0.2, 0.25) is 0 Å². The van der Waals surface area contributed by atoms with Crippen LogP contribution in [0.25, 0.3) is 5.69 Å². The number of aromatic nitrogens is 4. The Labute approximate surface area is 159 Å². The van der Waals surface area contributed by atoms with Crippen LogP contribution in [0.2, 0.25) is 0 Å². The van der Waals surface area contributed by atoms with Gasteiger partial charge in [-0.15, -0.1) is 5.10 Å². The average Bonchev–Trinajstić information content (AvgIpc) is 3.41. The van der Waals surface area contributed by atoms with Crippen molar-refractivity contribution >= 4 is 5.97 Å². The number of nitrogens with zero attached hydrogens (tertiary/aromatic N) is 5.